The van der Waals surface area contributed by atoms with Gasteiger partial charge < -0.3 is 4.74 Å². The fraction of sp³-hybridized carbons (Fsp3) is 0.750. The molecule has 1 aliphatic heterocycles. The van der Waals surface area contributed by atoms with Gasteiger partial charge in [0, 0.05) is 13.1 Å². The largest absolute Gasteiger partial charge is 0.465 e. The quantitative estimate of drug-likeness (QED) is 0.513. The number of nitrogens with zero attached hydrogens (tertiary/aromatic N) is 1. The lowest BCUT2D eigenvalue weighted by Crippen LogP contribution is -2.39. The summed E-state index contributed by atoms with van der Waals surface area (Å²) in [6.07, 6.45) is 4.84. The van der Waals surface area contributed by atoms with Gasteiger partial charge in [-0.1, -0.05) is 13.0 Å². The van der Waals surface area contributed by atoms with E-state index in [2.05, 4.69) is 11.5 Å². The van der Waals surface area contributed by atoms with Gasteiger partial charge in [-0.2, -0.15) is 0 Å². The lowest BCUT2D eigenvalue weighted by Gasteiger charge is -2.30. The zero-order valence-electron chi connectivity index (χ0n) is 9.58. The first kappa shape index (κ1) is 12.2. The minimum atomic E-state index is -0.0226. The van der Waals surface area contributed by atoms with Gasteiger partial charge in [0.1, 0.15) is 0 Å². The first-order valence-corrected chi connectivity index (χ1v) is 5.77. The Kier molecular flexibility index (Phi) is 5.40. The van der Waals surface area contributed by atoms with Gasteiger partial charge in [0.15, 0.2) is 0 Å². The van der Waals surface area contributed by atoms with E-state index in [1.165, 1.54) is 0 Å². The Morgan fingerprint density at radius 1 is 1.67 bits per heavy atom. The Hall–Kier alpha value is -0.830. The van der Waals surface area contributed by atoms with Gasteiger partial charge in [0.25, 0.3) is 0 Å². The molecule has 0 aliphatic carbocycles. The SMILES string of the molecule is C=CCN1CCCC(C(=O)OCCC)C1. The van der Waals surface area contributed by atoms with E-state index in [1.54, 1.807) is 0 Å². The zero-order chi connectivity index (χ0) is 11.1. The fourth-order valence-electron chi connectivity index (χ4n) is 1.92. The molecule has 15 heavy (non-hydrogen) atoms. The Morgan fingerprint density at radius 2 is 2.47 bits per heavy atom. The Labute approximate surface area is 92.1 Å². The molecular weight excluding hydrogens is 190 g/mol. The number of carbonyl (C=O) groups excluding carboxylic acids is 1. The van der Waals surface area contributed by atoms with Crippen LogP contribution in [0.1, 0.15) is 26.2 Å². The number of rotatable bonds is 5. The molecule has 0 saturated carbocycles. The van der Waals surface area contributed by atoms with Crippen molar-refractivity contribution in [1.82, 2.24) is 4.90 Å². The molecule has 0 aromatic carbocycles. The van der Waals surface area contributed by atoms with Gasteiger partial charge in [-0.25, -0.2) is 0 Å². The van der Waals surface area contributed by atoms with Crippen LogP contribution in [-0.4, -0.2) is 37.1 Å². The molecule has 0 aromatic heterocycles. The molecule has 0 spiro atoms. The first-order chi connectivity index (χ1) is 7.27. The first-order valence-electron chi connectivity index (χ1n) is 5.77. The highest BCUT2D eigenvalue weighted by atomic mass is 16.5. The predicted molar refractivity (Wildman–Crippen MR) is 60.6 cm³/mol. The van der Waals surface area contributed by atoms with E-state index in [0.29, 0.717) is 6.61 Å². The van der Waals surface area contributed by atoms with E-state index in [9.17, 15) is 4.79 Å². The standard InChI is InChI=1S/C12H21NO2/c1-3-7-13-8-5-6-11(10-13)12(14)15-9-4-2/h3,11H,1,4-10H2,2H3. The normalized spacial score (nSPS) is 22.3. The van der Waals surface area contributed by atoms with Crippen LogP contribution in [0.3, 0.4) is 0 Å². The molecule has 1 heterocycles. The molecule has 1 atom stereocenters. The summed E-state index contributed by atoms with van der Waals surface area (Å²) >= 11 is 0. The number of carbonyl (C=O) groups is 1. The van der Waals surface area contributed by atoms with Crippen LogP contribution >= 0.6 is 0 Å². The third-order valence-electron chi connectivity index (χ3n) is 2.67. The molecule has 0 bridgehead atoms. The molecule has 3 nitrogen and oxygen atoms in total. The second-order valence-corrected chi connectivity index (χ2v) is 4.05. The summed E-state index contributed by atoms with van der Waals surface area (Å²) < 4.78 is 5.17. The van der Waals surface area contributed by atoms with Gasteiger partial charge in [0.2, 0.25) is 0 Å². The summed E-state index contributed by atoms with van der Waals surface area (Å²) in [5.74, 6) is 0.0517. The Balaban J connectivity index is 2.34. The molecule has 3 heteroatoms. The summed E-state index contributed by atoms with van der Waals surface area (Å²) in [5, 5.41) is 0. The van der Waals surface area contributed by atoms with Gasteiger partial charge in [0.05, 0.1) is 12.5 Å². The summed E-state index contributed by atoms with van der Waals surface area (Å²) in [6, 6.07) is 0. The highest BCUT2D eigenvalue weighted by molar-refractivity contribution is 5.72. The maximum absolute atomic E-state index is 11.6. The fourth-order valence-corrected chi connectivity index (χ4v) is 1.92. The van der Waals surface area contributed by atoms with E-state index in [1.807, 2.05) is 13.0 Å². The van der Waals surface area contributed by atoms with E-state index in [4.69, 9.17) is 4.74 Å². The lowest BCUT2D eigenvalue weighted by molar-refractivity contribution is -0.150. The highest BCUT2D eigenvalue weighted by Crippen LogP contribution is 2.17. The molecule has 1 rings (SSSR count). The van der Waals surface area contributed by atoms with Crippen molar-refractivity contribution >= 4 is 5.97 Å². The molecule has 0 radical (unpaired) electrons. The summed E-state index contributed by atoms with van der Waals surface area (Å²) in [6.45, 7) is 9.05. The van der Waals surface area contributed by atoms with Crippen LogP contribution in [0.15, 0.2) is 12.7 Å². The van der Waals surface area contributed by atoms with Crippen LogP contribution in [0.25, 0.3) is 0 Å². The number of piperidine rings is 1. The molecule has 0 N–H and O–H groups in total. The van der Waals surface area contributed by atoms with Crippen molar-refractivity contribution in [2.45, 2.75) is 26.2 Å². The summed E-state index contributed by atoms with van der Waals surface area (Å²) in [4.78, 5) is 13.9. The number of esters is 1. The highest BCUT2D eigenvalue weighted by Gasteiger charge is 2.25. The second kappa shape index (κ2) is 6.62. The topological polar surface area (TPSA) is 29.5 Å². The Bertz CT molecular complexity index is 216. The number of hydrogen-bond acceptors (Lipinski definition) is 3. The molecule has 0 aromatic rings. The van der Waals surface area contributed by atoms with Crippen molar-refractivity contribution in [2.24, 2.45) is 5.92 Å². The molecule has 86 valence electrons. The van der Waals surface area contributed by atoms with Crippen LogP contribution in [-0.2, 0) is 9.53 Å². The average Bonchev–Trinajstić information content (AvgIpc) is 2.27. The van der Waals surface area contributed by atoms with Crippen LogP contribution < -0.4 is 0 Å². The van der Waals surface area contributed by atoms with Gasteiger partial charge in [-0.3, -0.25) is 9.69 Å². The maximum Gasteiger partial charge on any atom is 0.310 e. The summed E-state index contributed by atoms with van der Waals surface area (Å²) in [5.41, 5.74) is 0. The summed E-state index contributed by atoms with van der Waals surface area (Å²) in [7, 11) is 0. The smallest absolute Gasteiger partial charge is 0.310 e. The van der Waals surface area contributed by atoms with Crippen LogP contribution in [0.2, 0.25) is 0 Å². The van der Waals surface area contributed by atoms with Crippen molar-refractivity contribution in [3.63, 3.8) is 0 Å². The van der Waals surface area contributed by atoms with Crippen molar-refractivity contribution in [1.29, 1.82) is 0 Å². The number of hydrogen-bond donors (Lipinski definition) is 0. The van der Waals surface area contributed by atoms with Gasteiger partial charge >= 0.3 is 5.97 Å². The molecule has 1 saturated heterocycles. The molecular formula is C12H21NO2. The van der Waals surface area contributed by atoms with Gasteiger partial charge in [-0.05, 0) is 25.8 Å². The zero-order valence-corrected chi connectivity index (χ0v) is 9.58. The van der Waals surface area contributed by atoms with Crippen LogP contribution in [0.4, 0.5) is 0 Å². The molecule has 1 aliphatic rings. The Morgan fingerprint density at radius 3 is 3.13 bits per heavy atom. The number of likely N-dealkylation sites (tertiary alicyclic amines) is 1. The average molecular weight is 211 g/mol. The lowest BCUT2D eigenvalue weighted by atomic mass is 9.98. The van der Waals surface area contributed by atoms with E-state index < -0.39 is 0 Å². The van der Waals surface area contributed by atoms with E-state index in [0.717, 1.165) is 38.9 Å². The van der Waals surface area contributed by atoms with E-state index >= 15 is 0 Å². The molecule has 1 fully saturated rings. The number of ether oxygens (including phenoxy) is 1. The van der Waals surface area contributed by atoms with Crippen molar-refractivity contribution in [2.75, 3.05) is 26.2 Å². The van der Waals surface area contributed by atoms with Crippen molar-refractivity contribution in [3.8, 4) is 0 Å². The van der Waals surface area contributed by atoms with E-state index in [-0.39, 0.29) is 11.9 Å². The minimum Gasteiger partial charge on any atom is -0.465 e. The van der Waals surface area contributed by atoms with Crippen molar-refractivity contribution < 1.29 is 9.53 Å². The third kappa shape index (κ3) is 4.04. The molecule has 1 unspecified atom stereocenters. The van der Waals surface area contributed by atoms with Crippen LogP contribution in [0.5, 0.6) is 0 Å². The maximum atomic E-state index is 11.6. The minimum absolute atomic E-state index is 0.0226. The third-order valence-corrected chi connectivity index (χ3v) is 2.67. The van der Waals surface area contributed by atoms with Crippen molar-refractivity contribution in [3.05, 3.63) is 12.7 Å². The monoisotopic (exact) mass is 211 g/mol. The second-order valence-electron chi connectivity index (χ2n) is 4.05. The van der Waals surface area contributed by atoms with Crippen LogP contribution in [0, 0.1) is 5.92 Å². The van der Waals surface area contributed by atoms with Gasteiger partial charge in [-0.15, -0.1) is 6.58 Å². The predicted octanol–water partition coefficient (Wildman–Crippen LogP) is 1.84. The molecule has 0 amide bonds.